The van der Waals surface area contributed by atoms with Crippen molar-refractivity contribution in [2.45, 2.75) is 78.3 Å². The fourth-order valence-electron chi connectivity index (χ4n) is 3.57. The highest BCUT2D eigenvalue weighted by atomic mass is 16.5. The summed E-state index contributed by atoms with van der Waals surface area (Å²) in [5.41, 5.74) is 0.284. The maximum absolute atomic E-state index is 5.25. The quantitative estimate of drug-likeness (QED) is 0.523. The Kier molecular flexibility index (Phi) is 11.5. The van der Waals surface area contributed by atoms with Crippen molar-refractivity contribution >= 4 is 0 Å². The second-order valence-corrected chi connectivity index (χ2v) is 5.62. The van der Waals surface area contributed by atoms with Crippen LogP contribution in [0, 0.1) is 0 Å². The Morgan fingerprint density at radius 1 is 1.05 bits per heavy atom. The highest BCUT2D eigenvalue weighted by Crippen LogP contribution is 2.30. The van der Waals surface area contributed by atoms with Crippen LogP contribution in [-0.2, 0) is 4.74 Å². The number of rotatable bonds is 13. The van der Waals surface area contributed by atoms with Gasteiger partial charge in [-0.05, 0) is 51.7 Å². The molecule has 0 aliphatic carbocycles. The van der Waals surface area contributed by atoms with Gasteiger partial charge in [-0.3, -0.25) is 4.90 Å². The summed E-state index contributed by atoms with van der Waals surface area (Å²) in [5.74, 6) is 0. The van der Waals surface area contributed by atoms with Gasteiger partial charge >= 0.3 is 0 Å². The molecule has 0 rings (SSSR count). The molecule has 3 nitrogen and oxygen atoms in total. The molecule has 0 aromatic heterocycles. The molecule has 0 spiro atoms. The fraction of sp³-hybridized carbons (Fsp3) is 1.00. The van der Waals surface area contributed by atoms with E-state index in [0.717, 1.165) is 32.7 Å². The molecule has 0 amide bonds. The monoisotopic (exact) mass is 286 g/mol. The third-order valence-electron chi connectivity index (χ3n) is 4.75. The summed E-state index contributed by atoms with van der Waals surface area (Å²) >= 11 is 0. The van der Waals surface area contributed by atoms with Crippen molar-refractivity contribution in [1.82, 2.24) is 10.2 Å². The van der Waals surface area contributed by atoms with Crippen LogP contribution in [0.25, 0.3) is 0 Å². The first-order valence-electron chi connectivity index (χ1n) is 8.63. The minimum atomic E-state index is 0.284. The molecule has 0 aromatic carbocycles. The fourth-order valence-corrected chi connectivity index (χ4v) is 3.57. The summed E-state index contributed by atoms with van der Waals surface area (Å²) in [7, 11) is 1.80. The standard InChI is InChI=1S/C17H38N2O/c1-7-14-18-16(13-12-15-20-6)17(8-2,9-3)19(10-4)11-5/h16,18H,7-15H2,1-6H3. The topological polar surface area (TPSA) is 24.5 Å². The Hall–Kier alpha value is -0.120. The minimum Gasteiger partial charge on any atom is -0.385 e. The van der Waals surface area contributed by atoms with Gasteiger partial charge in [0.1, 0.15) is 0 Å². The summed E-state index contributed by atoms with van der Waals surface area (Å²) < 4.78 is 5.25. The van der Waals surface area contributed by atoms with Crippen molar-refractivity contribution in [3.05, 3.63) is 0 Å². The Morgan fingerprint density at radius 3 is 2.05 bits per heavy atom. The summed E-state index contributed by atoms with van der Waals surface area (Å²) in [6, 6.07) is 0.563. The second kappa shape index (κ2) is 11.5. The van der Waals surface area contributed by atoms with Crippen molar-refractivity contribution in [3.63, 3.8) is 0 Å². The average Bonchev–Trinajstić information content (AvgIpc) is 2.49. The van der Waals surface area contributed by atoms with Crippen molar-refractivity contribution in [2.24, 2.45) is 0 Å². The van der Waals surface area contributed by atoms with Crippen LogP contribution in [0.5, 0.6) is 0 Å². The highest BCUT2D eigenvalue weighted by Gasteiger charge is 2.38. The summed E-state index contributed by atoms with van der Waals surface area (Å²) in [5, 5.41) is 3.82. The van der Waals surface area contributed by atoms with Crippen LogP contribution in [-0.4, -0.2) is 49.8 Å². The molecule has 0 bridgehead atoms. The normalized spacial score (nSPS) is 13.9. The summed E-state index contributed by atoms with van der Waals surface area (Å²) in [6.07, 6.45) is 5.95. The largest absolute Gasteiger partial charge is 0.385 e. The molecule has 0 fully saturated rings. The molecule has 1 N–H and O–H groups in total. The molecular weight excluding hydrogens is 248 g/mol. The summed E-state index contributed by atoms with van der Waals surface area (Å²) in [4.78, 5) is 2.66. The molecule has 122 valence electrons. The smallest absolute Gasteiger partial charge is 0.0462 e. The number of ether oxygens (including phenoxy) is 1. The zero-order valence-electron chi connectivity index (χ0n) is 14.8. The van der Waals surface area contributed by atoms with Gasteiger partial charge in [0.05, 0.1) is 0 Å². The highest BCUT2D eigenvalue weighted by molar-refractivity contribution is 4.98. The molecular formula is C17H38N2O. The van der Waals surface area contributed by atoms with Crippen LogP contribution in [0.3, 0.4) is 0 Å². The molecule has 0 radical (unpaired) electrons. The molecule has 0 heterocycles. The van der Waals surface area contributed by atoms with Crippen molar-refractivity contribution in [1.29, 1.82) is 0 Å². The van der Waals surface area contributed by atoms with Crippen LogP contribution < -0.4 is 5.32 Å². The SMILES string of the molecule is CCCNC(CCCOC)C(CC)(CC)N(CC)CC. The average molecular weight is 287 g/mol. The molecule has 0 saturated carbocycles. The van der Waals surface area contributed by atoms with Gasteiger partial charge in [0.2, 0.25) is 0 Å². The number of likely N-dealkylation sites (N-methyl/N-ethyl adjacent to an activating group) is 1. The molecule has 0 aliphatic heterocycles. The van der Waals surface area contributed by atoms with E-state index in [4.69, 9.17) is 4.74 Å². The van der Waals surface area contributed by atoms with Gasteiger partial charge in [0.15, 0.2) is 0 Å². The van der Waals surface area contributed by atoms with Gasteiger partial charge in [-0.1, -0.05) is 34.6 Å². The van der Waals surface area contributed by atoms with Gasteiger partial charge in [0.25, 0.3) is 0 Å². The number of hydrogen-bond donors (Lipinski definition) is 1. The van der Waals surface area contributed by atoms with Crippen LogP contribution in [0.15, 0.2) is 0 Å². The second-order valence-electron chi connectivity index (χ2n) is 5.62. The molecule has 1 unspecified atom stereocenters. The van der Waals surface area contributed by atoms with E-state index >= 15 is 0 Å². The van der Waals surface area contributed by atoms with Crippen LogP contribution >= 0.6 is 0 Å². The lowest BCUT2D eigenvalue weighted by atomic mass is 9.80. The molecule has 0 aliphatic rings. The number of nitrogens with zero attached hydrogens (tertiary/aromatic N) is 1. The van der Waals surface area contributed by atoms with Crippen molar-refractivity contribution in [2.75, 3.05) is 33.4 Å². The van der Waals surface area contributed by atoms with Gasteiger partial charge in [-0.2, -0.15) is 0 Å². The van der Waals surface area contributed by atoms with Crippen LogP contribution in [0.1, 0.15) is 66.7 Å². The van der Waals surface area contributed by atoms with E-state index in [1.165, 1.54) is 25.7 Å². The van der Waals surface area contributed by atoms with Gasteiger partial charge in [0, 0.05) is 25.3 Å². The number of methoxy groups -OCH3 is 1. The molecule has 0 saturated heterocycles. The van der Waals surface area contributed by atoms with E-state index < -0.39 is 0 Å². The molecule has 1 atom stereocenters. The Balaban J connectivity index is 5.04. The Morgan fingerprint density at radius 2 is 1.65 bits per heavy atom. The lowest BCUT2D eigenvalue weighted by Gasteiger charge is -2.48. The number of hydrogen-bond acceptors (Lipinski definition) is 3. The van der Waals surface area contributed by atoms with E-state index in [-0.39, 0.29) is 5.54 Å². The van der Waals surface area contributed by atoms with Gasteiger partial charge in [-0.15, -0.1) is 0 Å². The van der Waals surface area contributed by atoms with Crippen molar-refractivity contribution in [3.8, 4) is 0 Å². The molecule has 0 aromatic rings. The predicted molar refractivity (Wildman–Crippen MR) is 89.4 cm³/mol. The third kappa shape index (κ3) is 5.34. The lowest BCUT2D eigenvalue weighted by molar-refractivity contribution is 0.0425. The molecule has 3 heteroatoms. The van der Waals surface area contributed by atoms with E-state index in [0.29, 0.717) is 6.04 Å². The van der Waals surface area contributed by atoms with Gasteiger partial charge < -0.3 is 10.1 Å². The Bertz CT molecular complexity index is 213. The van der Waals surface area contributed by atoms with Crippen LogP contribution in [0.2, 0.25) is 0 Å². The van der Waals surface area contributed by atoms with E-state index in [1.807, 2.05) is 0 Å². The minimum absolute atomic E-state index is 0.284. The first kappa shape index (κ1) is 19.9. The molecule has 20 heavy (non-hydrogen) atoms. The van der Waals surface area contributed by atoms with E-state index in [1.54, 1.807) is 7.11 Å². The summed E-state index contributed by atoms with van der Waals surface area (Å²) in [6.45, 7) is 15.8. The zero-order chi connectivity index (χ0) is 15.4. The van der Waals surface area contributed by atoms with E-state index in [2.05, 4.69) is 44.8 Å². The zero-order valence-corrected chi connectivity index (χ0v) is 14.8. The van der Waals surface area contributed by atoms with E-state index in [9.17, 15) is 0 Å². The first-order valence-corrected chi connectivity index (χ1v) is 8.63. The predicted octanol–water partition coefficient (Wildman–Crippen LogP) is 3.68. The maximum atomic E-state index is 5.25. The maximum Gasteiger partial charge on any atom is 0.0462 e. The van der Waals surface area contributed by atoms with Crippen LogP contribution in [0.4, 0.5) is 0 Å². The van der Waals surface area contributed by atoms with Gasteiger partial charge in [-0.25, -0.2) is 0 Å². The van der Waals surface area contributed by atoms with Crippen molar-refractivity contribution < 1.29 is 4.74 Å². The number of nitrogens with one attached hydrogen (secondary N) is 1. The lowest BCUT2D eigenvalue weighted by Crippen LogP contribution is -2.61. The Labute approximate surface area is 127 Å². The third-order valence-corrected chi connectivity index (χ3v) is 4.75. The first-order chi connectivity index (χ1) is 9.66.